The van der Waals surface area contributed by atoms with Crippen molar-refractivity contribution in [2.24, 2.45) is 0 Å². The number of piperazine rings is 1. The molecule has 1 aliphatic heterocycles. The summed E-state index contributed by atoms with van der Waals surface area (Å²) < 4.78 is 26.8. The second kappa shape index (κ2) is 7.47. The molecule has 138 valence electrons. The maximum absolute atomic E-state index is 12.7. The third kappa shape index (κ3) is 4.05. The molecule has 0 atom stereocenters. The van der Waals surface area contributed by atoms with Crippen LogP contribution in [0.15, 0.2) is 53.4 Å². The van der Waals surface area contributed by atoms with Crippen LogP contribution in [-0.2, 0) is 10.0 Å². The predicted molar refractivity (Wildman–Crippen MR) is 102 cm³/mol. The second-order valence-electron chi connectivity index (χ2n) is 6.50. The SMILES string of the molecule is Cc1ccc(NC(=O)N2CCN(S(=O)(=O)c3ccc(C)cc3)CC2)cc1. The third-order valence-corrected chi connectivity index (χ3v) is 6.40. The molecule has 1 fully saturated rings. The van der Waals surface area contributed by atoms with Gasteiger partial charge in [0.25, 0.3) is 0 Å². The molecule has 2 aromatic rings. The van der Waals surface area contributed by atoms with E-state index in [1.54, 1.807) is 29.2 Å². The second-order valence-corrected chi connectivity index (χ2v) is 8.44. The number of sulfonamides is 1. The molecule has 0 radical (unpaired) electrons. The van der Waals surface area contributed by atoms with Gasteiger partial charge in [0.1, 0.15) is 0 Å². The van der Waals surface area contributed by atoms with Crippen molar-refractivity contribution >= 4 is 21.7 Å². The molecule has 6 nitrogen and oxygen atoms in total. The van der Waals surface area contributed by atoms with Crippen molar-refractivity contribution in [3.8, 4) is 0 Å². The number of nitrogens with one attached hydrogen (secondary N) is 1. The van der Waals surface area contributed by atoms with E-state index in [0.29, 0.717) is 18.0 Å². The summed E-state index contributed by atoms with van der Waals surface area (Å²) >= 11 is 0. The van der Waals surface area contributed by atoms with E-state index in [-0.39, 0.29) is 19.1 Å². The van der Waals surface area contributed by atoms with E-state index >= 15 is 0 Å². The van der Waals surface area contributed by atoms with Crippen LogP contribution in [0.3, 0.4) is 0 Å². The number of benzene rings is 2. The number of amides is 2. The molecule has 0 unspecified atom stereocenters. The summed E-state index contributed by atoms with van der Waals surface area (Å²) in [5.74, 6) is 0. The summed E-state index contributed by atoms with van der Waals surface area (Å²) in [4.78, 5) is 14.3. The molecular weight excluding hydrogens is 350 g/mol. The van der Waals surface area contributed by atoms with Crippen LogP contribution in [0.5, 0.6) is 0 Å². The van der Waals surface area contributed by atoms with E-state index < -0.39 is 10.0 Å². The van der Waals surface area contributed by atoms with Gasteiger partial charge in [-0.15, -0.1) is 0 Å². The Kier molecular flexibility index (Phi) is 5.29. The third-order valence-electron chi connectivity index (χ3n) is 4.49. The van der Waals surface area contributed by atoms with Gasteiger partial charge >= 0.3 is 6.03 Å². The number of anilines is 1. The van der Waals surface area contributed by atoms with Gasteiger partial charge < -0.3 is 10.2 Å². The van der Waals surface area contributed by atoms with Crippen LogP contribution in [0.4, 0.5) is 10.5 Å². The van der Waals surface area contributed by atoms with Crippen molar-refractivity contribution in [1.29, 1.82) is 0 Å². The van der Waals surface area contributed by atoms with Crippen LogP contribution in [0.25, 0.3) is 0 Å². The Morgan fingerprint density at radius 3 is 1.88 bits per heavy atom. The molecule has 7 heteroatoms. The minimum atomic E-state index is -3.52. The fraction of sp³-hybridized carbons (Fsp3) is 0.316. The molecule has 0 saturated carbocycles. The highest BCUT2D eigenvalue weighted by molar-refractivity contribution is 7.89. The van der Waals surface area contributed by atoms with E-state index in [1.807, 2.05) is 38.1 Å². The number of hydrogen-bond acceptors (Lipinski definition) is 3. The zero-order valence-electron chi connectivity index (χ0n) is 15.0. The first-order valence-electron chi connectivity index (χ1n) is 8.56. The monoisotopic (exact) mass is 373 g/mol. The zero-order chi connectivity index (χ0) is 18.7. The minimum absolute atomic E-state index is 0.207. The first kappa shape index (κ1) is 18.4. The lowest BCUT2D eigenvalue weighted by molar-refractivity contribution is 0.184. The normalized spacial score (nSPS) is 15.7. The van der Waals surface area contributed by atoms with Crippen molar-refractivity contribution in [2.45, 2.75) is 18.7 Å². The summed E-state index contributed by atoms with van der Waals surface area (Å²) in [6.07, 6.45) is 0. The van der Waals surface area contributed by atoms with Gasteiger partial charge in [0.2, 0.25) is 10.0 Å². The lowest BCUT2D eigenvalue weighted by atomic mass is 10.2. The quantitative estimate of drug-likeness (QED) is 0.899. The molecule has 2 amide bonds. The first-order valence-corrected chi connectivity index (χ1v) is 10.00. The average molecular weight is 373 g/mol. The molecule has 1 heterocycles. The summed E-state index contributed by atoms with van der Waals surface area (Å²) in [5.41, 5.74) is 2.87. The summed E-state index contributed by atoms with van der Waals surface area (Å²) in [5, 5.41) is 2.85. The predicted octanol–water partition coefficient (Wildman–Crippen LogP) is 2.84. The van der Waals surface area contributed by atoms with Gasteiger partial charge in [-0.3, -0.25) is 0 Å². The van der Waals surface area contributed by atoms with Gasteiger partial charge in [-0.2, -0.15) is 4.31 Å². The van der Waals surface area contributed by atoms with Crippen LogP contribution >= 0.6 is 0 Å². The van der Waals surface area contributed by atoms with Crippen LogP contribution in [0, 0.1) is 13.8 Å². The lowest BCUT2D eigenvalue weighted by Crippen LogP contribution is -2.51. The number of hydrogen-bond donors (Lipinski definition) is 1. The number of carbonyl (C=O) groups is 1. The number of carbonyl (C=O) groups excluding carboxylic acids is 1. The van der Waals surface area contributed by atoms with Gasteiger partial charge in [0.15, 0.2) is 0 Å². The highest BCUT2D eigenvalue weighted by Crippen LogP contribution is 2.19. The average Bonchev–Trinajstić information content (AvgIpc) is 2.64. The van der Waals surface area contributed by atoms with Crippen molar-refractivity contribution < 1.29 is 13.2 Å². The fourth-order valence-corrected chi connectivity index (χ4v) is 4.25. The summed E-state index contributed by atoms with van der Waals surface area (Å²) in [6, 6.07) is 14.2. The Balaban J connectivity index is 1.60. The molecule has 0 spiro atoms. The zero-order valence-corrected chi connectivity index (χ0v) is 15.8. The van der Waals surface area contributed by atoms with Gasteiger partial charge in [0.05, 0.1) is 4.90 Å². The van der Waals surface area contributed by atoms with Crippen LogP contribution in [0.2, 0.25) is 0 Å². The van der Waals surface area contributed by atoms with Crippen molar-refractivity contribution in [2.75, 3.05) is 31.5 Å². The van der Waals surface area contributed by atoms with Gasteiger partial charge in [-0.05, 0) is 38.1 Å². The van der Waals surface area contributed by atoms with E-state index in [9.17, 15) is 13.2 Å². The molecule has 3 rings (SSSR count). The van der Waals surface area contributed by atoms with Gasteiger partial charge in [0, 0.05) is 31.9 Å². The standard InChI is InChI=1S/C19H23N3O3S/c1-15-3-7-17(8-4-15)20-19(23)21-11-13-22(14-12-21)26(24,25)18-9-5-16(2)6-10-18/h3-10H,11-14H2,1-2H3,(H,20,23). The Labute approximate surface area is 154 Å². The molecule has 0 aliphatic carbocycles. The van der Waals surface area contributed by atoms with Crippen LogP contribution < -0.4 is 5.32 Å². The molecule has 0 aromatic heterocycles. The number of aryl methyl sites for hydroxylation is 2. The Hall–Kier alpha value is -2.38. The molecule has 0 bridgehead atoms. The molecular formula is C19H23N3O3S. The van der Waals surface area contributed by atoms with E-state index in [2.05, 4.69) is 5.32 Å². The Morgan fingerprint density at radius 2 is 1.35 bits per heavy atom. The Bertz CT molecular complexity index is 869. The molecule has 1 N–H and O–H groups in total. The summed E-state index contributed by atoms with van der Waals surface area (Å²) in [7, 11) is -3.52. The highest BCUT2D eigenvalue weighted by atomic mass is 32.2. The van der Waals surface area contributed by atoms with Gasteiger partial charge in [-0.1, -0.05) is 35.4 Å². The Morgan fingerprint density at radius 1 is 0.846 bits per heavy atom. The maximum atomic E-state index is 12.7. The maximum Gasteiger partial charge on any atom is 0.321 e. The number of rotatable bonds is 3. The van der Waals surface area contributed by atoms with Crippen LogP contribution in [-0.4, -0.2) is 49.8 Å². The molecule has 2 aromatic carbocycles. The number of nitrogens with zero attached hydrogens (tertiary/aromatic N) is 2. The van der Waals surface area contributed by atoms with E-state index in [4.69, 9.17) is 0 Å². The summed E-state index contributed by atoms with van der Waals surface area (Å²) in [6.45, 7) is 5.21. The molecule has 26 heavy (non-hydrogen) atoms. The smallest absolute Gasteiger partial charge is 0.321 e. The number of urea groups is 1. The minimum Gasteiger partial charge on any atom is -0.322 e. The fourth-order valence-electron chi connectivity index (χ4n) is 2.83. The van der Waals surface area contributed by atoms with E-state index in [0.717, 1.165) is 16.8 Å². The molecule has 1 saturated heterocycles. The highest BCUT2D eigenvalue weighted by Gasteiger charge is 2.30. The van der Waals surface area contributed by atoms with Gasteiger partial charge in [-0.25, -0.2) is 13.2 Å². The van der Waals surface area contributed by atoms with Crippen molar-refractivity contribution in [3.05, 3.63) is 59.7 Å². The van der Waals surface area contributed by atoms with E-state index in [1.165, 1.54) is 4.31 Å². The lowest BCUT2D eigenvalue weighted by Gasteiger charge is -2.34. The largest absolute Gasteiger partial charge is 0.322 e. The molecule has 1 aliphatic rings. The first-order chi connectivity index (χ1) is 12.4. The van der Waals surface area contributed by atoms with Crippen LogP contribution in [0.1, 0.15) is 11.1 Å². The van der Waals surface area contributed by atoms with Crippen molar-refractivity contribution in [3.63, 3.8) is 0 Å². The van der Waals surface area contributed by atoms with Crippen molar-refractivity contribution in [1.82, 2.24) is 9.21 Å². The topological polar surface area (TPSA) is 69.7 Å².